The zero-order valence-corrected chi connectivity index (χ0v) is 21.9. The summed E-state index contributed by atoms with van der Waals surface area (Å²) >= 11 is 0. The maximum atomic E-state index is 12.8. The number of hydrogen-bond donors (Lipinski definition) is 2. The average Bonchev–Trinajstić information content (AvgIpc) is 2.97. The number of phenols is 1. The maximum absolute atomic E-state index is 12.8. The van der Waals surface area contributed by atoms with Crippen LogP contribution in [0.2, 0.25) is 0 Å². The largest absolute Gasteiger partial charge is 0.508 e. The van der Waals surface area contributed by atoms with E-state index in [-0.39, 0.29) is 18.3 Å². The fraction of sp³-hybridized carbons (Fsp3) is 0.233. The van der Waals surface area contributed by atoms with E-state index in [2.05, 4.69) is 14.9 Å². The lowest BCUT2D eigenvalue weighted by molar-refractivity contribution is -0.133. The molecule has 0 bridgehead atoms. The second-order valence-corrected chi connectivity index (χ2v) is 9.37. The topological polar surface area (TPSA) is 108 Å². The summed E-state index contributed by atoms with van der Waals surface area (Å²) in [7, 11) is 1.65. The van der Waals surface area contributed by atoms with Crippen molar-refractivity contribution in [2.45, 2.75) is 6.92 Å². The minimum Gasteiger partial charge on any atom is -0.508 e. The molecule has 0 saturated carbocycles. The standard InChI is InChI=1S/C30H30N4O5/c1-20-16-22(8-11-28(20)35)27-18-26(31-30(37)32-27)21-6-9-24(10-7-21)39-19-29(36)34-14-12-33(13-15-34)23-4-3-5-25(17-23)38-2/h3-11,16-18,35H,12-15,19H2,1-2H3,(H,31,32,37). The summed E-state index contributed by atoms with van der Waals surface area (Å²) in [5.74, 6) is 1.51. The Morgan fingerprint density at radius 1 is 0.949 bits per heavy atom. The van der Waals surface area contributed by atoms with Crippen LogP contribution in [-0.2, 0) is 4.79 Å². The number of aromatic amines is 1. The number of H-pyrrole nitrogens is 1. The molecule has 200 valence electrons. The highest BCUT2D eigenvalue weighted by Crippen LogP contribution is 2.27. The zero-order chi connectivity index (χ0) is 27.4. The number of aryl methyl sites for hydroxylation is 1. The van der Waals surface area contributed by atoms with Crippen molar-refractivity contribution < 1.29 is 19.4 Å². The normalized spacial score (nSPS) is 13.3. The lowest BCUT2D eigenvalue weighted by Gasteiger charge is -2.36. The van der Waals surface area contributed by atoms with Gasteiger partial charge in [0.05, 0.1) is 18.5 Å². The summed E-state index contributed by atoms with van der Waals surface area (Å²) in [6.45, 7) is 4.47. The van der Waals surface area contributed by atoms with E-state index in [0.29, 0.717) is 35.8 Å². The van der Waals surface area contributed by atoms with Gasteiger partial charge in [-0.2, -0.15) is 4.98 Å². The number of phenolic OH excluding ortho intramolecular Hbond substituents is 1. The number of carbonyl (C=O) groups excluding carboxylic acids is 1. The highest BCUT2D eigenvalue weighted by molar-refractivity contribution is 5.78. The molecule has 1 saturated heterocycles. The molecule has 0 radical (unpaired) electrons. The number of benzene rings is 3. The maximum Gasteiger partial charge on any atom is 0.345 e. The van der Waals surface area contributed by atoms with Gasteiger partial charge in [0, 0.05) is 43.5 Å². The molecule has 1 fully saturated rings. The molecule has 4 aromatic rings. The van der Waals surface area contributed by atoms with Crippen molar-refractivity contribution in [2.75, 3.05) is 44.8 Å². The summed E-state index contributed by atoms with van der Waals surface area (Å²) in [4.78, 5) is 35.9. The number of amides is 1. The highest BCUT2D eigenvalue weighted by Gasteiger charge is 2.22. The molecule has 1 aliphatic heterocycles. The first-order valence-electron chi connectivity index (χ1n) is 12.7. The monoisotopic (exact) mass is 526 g/mol. The van der Waals surface area contributed by atoms with Gasteiger partial charge in [0.15, 0.2) is 6.61 Å². The molecule has 0 unspecified atom stereocenters. The molecule has 5 rings (SSSR count). The number of hydrogen-bond acceptors (Lipinski definition) is 7. The Hall–Kier alpha value is -4.79. The van der Waals surface area contributed by atoms with Crippen LogP contribution in [0.15, 0.2) is 77.6 Å². The summed E-state index contributed by atoms with van der Waals surface area (Å²) in [6, 6.07) is 22.0. The highest BCUT2D eigenvalue weighted by atomic mass is 16.5. The third-order valence-corrected chi connectivity index (χ3v) is 6.82. The Bertz CT molecular complexity index is 1530. The molecule has 0 aliphatic carbocycles. The number of piperazine rings is 1. The van der Waals surface area contributed by atoms with Gasteiger partial charge in [-0.05, 0) is 78.7 Å². The number of nitrogens with zero attached hydrogens (tertiary/aromatic N) is 3. The number of anilines is 1. The lowest BCUT2D eigenvalue weighted by Crippen LogP contribution is -2.50. The fourth-order valence-corrected chi connectivity index (χ4v) is 4.56. The van der Waals surface area contributed by atoms with Crippen molar-refractivity contribution in [3.63, 3.8) is 0 Å². The van der Waals surface area contributed by atoms with Crippen molar-refractivity contribution in [1.82, 2.24) is 14.9 Å². The van der Waals surface area contributed by atoms with E-state index in [1.165, 1.54) is 0 Å². The van der Waals surface area contributed by atoms with Gasteiger partial charge < -0.3 is 29.4 Å². The van der Waals surface area contributed by atoms with E-state index in [1.54, 1.807) is 50.4 Å². The third kappa shape index (κ3) is 6.04. The number of carbonyl (C=O) groups is 1. The quantitative estimate of drug-likeness (QED) is 0.377. The van der Waals surface area contributed by atoms with E-state index in [0.717, 1.165) is 35.7 Å². The van der Waals surface area contributed by atoms with Gasteiger partial charge in [-0.25, -0.2) is 4.79 Å². The summed E-state index contributed by atoms with van der Waals surface area (Å²) in [5, 5.41) is 9.80. The van der Waals surface area contributed by atoms with Gasteiger partial charge in [-0.15, -0.1) is 0 Å². The molecule has 1 amide bonds. The van der Waals surface area contributed by atoms with Gasteiger partial charge in [-0.1, -0.05) is 6.07 Å². The Morgan fingerprint density at radius 3 is 2.41 bits per heavy atom. The number of methoxy groups -OCH3 is 1. The SMILES string of the molecule is COc1cccc(N2CCN(C(=O)COc3ccc(-c4cc(-c5ccc(O)c(C)c5)nc(=O)[nH]4)cc3)CC2)c1. The van der Waals surface area contributed by atoms with Crippen LogP contribution in [0.3, 0.4) is 0 Å². The minimum absolute atomic E-state index is 0.0467. The lowest BCUT2D eigenvalue weighted by atomic mass is 10.1. The molecule has 3 aromatic carbocycles. The number of rotatable bonds is 7. The van der Waals surface area contributed by atoms with Gasteiger partial charge in [-0.3, -0.25) is 4.79 Å². The molecular weight excluding hydrogens is 496 g/mol. The van der Waals surface area contributed by atoms with Crippen molar-refractivity contribution >= 4 is 11.6 Å². The van der Waals surface area contributed by atoms with E-state index >= 15 is 0 Å². The minimum atomic E-state index is -0.467. The van der Waals surface area contributed by atoms with Crippen LogP contribution in [-0.4, -0.2) is 65.8 Å². The predicted molar refractivity (Wildman–Crippen MR) is 149 cm³/mol. The number of aromatic hydroxyl groups is 1. The van der Waals surface area contributed by atoms with Gasteiger partial charge in [0.25, 0.3) is 5.91 Å². The van der Waals surface area contributed by atoms with E-state index in [1.807, 2.05) is 41.3 Å². The summed E-state index contributed by atoms with van der Waals surface area (Å²) in [6.07, 6.45) is 0. The number of aromatic nitrogens is 2. The summed E-state index contributed by atoms with van der Waals surface area (Å²) in [5.41, 5.74) is 3.94. The molecule has 9 nitrogen and oxygen atoms in total. The third-order valence-electron chi connectivity index (χ3n) is 6.82. The zero-order valence-electron chi connectivity index (χ0n) is 21.9. The molecule has 9 heteroatoms. The molecule has 0 spiro atoms. The molecule has 2 heterocycles. The first-order valence-corrected chi connectivity index (χ1v) is 12.7. The first-order chi connectivity index (χ1) is 18.9. The molecule has 1 aromatic heterocycles. The molecule has 2 N–H and O–H groups in total. The van der Waals surface area contributed by atoms with Crippen LogP contribution in [0.5, 0.6) is 17.2 Å². The Labute approximate surface area is 226 Å². The van der Waals surface area contributed by atoms with Crippen LogP contribution in [0.4, 0.5) is 5.69 Å². The van der Waals surface area contributed by atoms with Crippen molar-refractivity contribution in [3.05, 3.63) is 88.8 Å². The van der Waals surface area contributed by atoms with E-state index < -0.39 is 5.69 Å². The Kier molecular flexibility index (Phi) is 7.49. The molecule has 39 heavy (non-hydrogen) atoms. The molecule has 1 aliphatic rings. The van der Waals surface area contributed by atoms with Crippen molar-refractivity contribution in [1.29, 1.82) is 0 Å². The molecular formula is C30H30N4O5. The van der Waals surface area contributed by atoms with Crippen molar-refractivity contribution in [3.8, 4) is 39.8 Å². The van der Waals surface area contributed by atoms with Crippen LogP contribution >= 0.6 is 0 Å². The Balaban J connectivity index is 1.18. The fourth-order valence-electron chi connectivity index (χ4n) is 4.56. The predicted octanol–water partition coefficient (Wildman–Crippen LogP) is 3.85. The number of nitrogens with one attached hydrogen (secondary N) is 1. The number of ether oxygens (including phenoxy) is 2. The second kappa shape index (κ2) is 11.3. The van der Waals surface area contributed by atoms with Gasteiger partial charge in [0.1, 0.15) is 17.2 Å². The van der Waals surface area contributed by atoms with E-state index in [9.17, 15) is 14.7 Å². The van der Waals surface area contributed by atoms with Crippen LogP contribution in [0.25, 0.3) is 22.5 Å². The van der Waals surface area contributed by atoms with Gasteiger partial charge in [0.2, 0.25) is 0 Å². The Morgan fingerprint density at radius 2 is 1.69 bits per heavy atom. The van der Waals surface area contributed by atoms with Crippen LogP contribution in [0, 0.1) is 6.92 Å². The van der Waals surface area contributed by atoms with Crippen molar-refractivity contribution in [2.24, 2.45) is 0 Å². The van der Waals surface area contributed by atoms with Crippen LogP contribution in [0.1, 0.15) is 5.56 Å². The smallest absolute Gasteiger partial charge is 0.345 e. The van der Waals surface area contributed by atoms with Gasteiger partial charge >= 0.3 is 5.69 Å². The van der Waals surface area contributed by atoms with E-state index in [4.69, 9.17) is 9.47 Å². The summed E-state index contributed by atoms with van der Waals surface area (Å²) < 4.78 is 11.1. The second-order valence-electron chi connectivity index (χ2n) is 9.37. The van der Waals surface area contributed by atoms with Crippen LogP contribution < -0.4 is 20.1 Å². The first kappa shape index (κ1) is 25.8. The average molecular weight is 527 g/mol. The molecule has 0 atom stereocenters.